The fraction of sp³-hybridized carbons (Fsp3) is 0.917. The number of hydrogen-bond donors (Lipinski definition) is 0. The molecule has 0 radical (unpaired) electrons. The van der Waals surface area contributed by atoms with Crippen LogP contribution in [-0.2, 0) is 19.0 Å². The molecule has 1 rings (SSSR count). The Morgan fingerprint density at radius 3 is 2.23 bits per heavy atom. The van der Waals surface area contributed by atoms with Crippen molar-refractivity contribution >= 4 is 16.2 Å². The van der Waals surface area contributed by atoms with Gasteiger partial charge in [-0.15, -0.1) is 0 Å². The SMILES string of the molecule is CC(C)(C)OC(=O)N1C[C@@H](C(F)(F)F)C[C@H]1COS(C)(=O)=O. The Hall–Kier alpha value is -1.03. The van der Waals surface area contributed by atoms with Gasteiger partial charge in [-0.2, -0.15) is 21.6 Å². The van der Waals surface area contributed by atoms with E-state index < -0.39 is 59.5 Å². The fourth-order valence-corrected chi connectivity index (χ4v) is 2.46. The largest absolute Gasteiger partial charge is 0.444 e. The fourth-order valence-electron chi connectivity index (χ4n) is 2.06. The standard InChI is InChI=1S/C12H20F3NO5S/c1-11(2,3)21-10(17)16-6-8(12(13,14)15)5-9(16)7-20-22(4,18)19/h8-9H,5-7H2,1-4H3/t8-,9-/m0/s1. The van der Waals surface area contributed by atoms with Crippen molar-refractivity contribution in [3.63, 3.8) is 0 Å². The number of nitrogens with zero attached hydrogens (tertiary/aromatic N) is 1. The molecule has 1 amide bonds. The van der Waals surface area contributed by atoms with Crippen LogP contribution in [0.1, 0.15) is 27.2 Å². The lowest BCUT2D eigenvalue weighted by atomic mass is 10.1. The number of carbonyl (C=O) groups excluding carboxylic acids is 1. The average molecular weight is 347 g/mol. The first-order valence-electron chi connectivity index (χ1n) is 6.60. The smallest absolute Gasteiger partial charge is 0.410 e. The zero-order valence-corrected chi connectivity index (χ0v) is 13.6. The minimum absolute atomic E-state index is 0.418. The summed E-state index contributed by atoms with van der Waals surface area (Å²) in [5.74, 6) is -1.73. The normalized spacial score (nSPS) is 23.7. The minimum atomic E-state index is -4.47. The Morgan fingerprint density at radius 1 is 1.27 bits per heavy atom. The maximum atomic E-state index is 12.8. The molecule has 0 unspecified atom stereocenters. The van der Waals surface area contributed by atoms with E-state index >= 15 is 0 Å². The third-order valence-electron chi connectivity index (χ3n) is 2.98. The van der Waals surface area contributed by atoms with E-state index in [1.54, 1.807) is 20.8 Å². The lowest BCUT2D eigenvalue weighted by molar-refractivity contribution is -0.170. The van der Waals surface area contributed by atoms with Crippen molar-refractivity contribution in [2.75, 3.05) is 19.4 Å². The summed E-state index contributed by atoms with van der Waals surface area (Å²) in [4.78, 5) is 12.9. The second-order valence-electron chi connectivity index (χ2n) is 6.25. The highest BCUT2D eigenvalue weighted by atomic mass is 32.2. The number of amides is 1. The zero-order valence-electron chi connectivity index (χ0n) is 12.8. The first-order valence-corrected chi connectivity index (χ1v) is 8.41. The topological polar surface area (TPSA) is 72.9 Å². The average Bonchev–Trinajstić information content (AvgIpc) is 2.66. The Labute approximate surface area is 127 Å². The minimum Gasteiger partial charge on any atom is -0.444 e. The van der Waals surface area contributed by atoms with E-state index in [1.165, 1.54) is 0 Å². The Balaban J connectivity index is 2.86. The molecular formula is C12H20F3NO5S. The van der Waals surface area contributed by atoms with E-state index in [4.69, 9.17) is 4.74 Å². The Kier molecular flexibility index (Phi) is 5.38. The van der Waals surface area contributed by atoms with Gasteiger partial charge in [0.2, 0.25) is 0 Å². The molecule has 1 heterocycles. The molecule has 1 aliphatic heterocycles. The highest BCUT2D eigenvalue weighted by Gasteiger charge is 2.49. The van der Waals surface area contributed by atoms with Crippen LogP contribution in [0.2, 0.25) is 0 Å². The van der Waals surface area contributed by atoms with Gasteiger partial charge in [-0.3, -0.25) is 4.18 Å². The third kappa shape index (κ3) is 5.99. The van der Waals surface area contributed by atoms with Crippen LogP contribution in [0.15, 0.2) is 0 Å². The lowest BCUT2D eigenvalue weighted by Gasteiger charge is -2.28. The first kappa shape index (κ1) is 19.0. The molecule has 0 aromatic carbocycles. The van der Waals surface area contributed by atoms with Crippen molar-refractivity contribution in [1.29, 1.82) is 0 Å². The number of halogens is 3. The summed E-state index contributed by atoms with van der Waals surface area (Å²) in [5.41, 5.74) is -0.865. The van der Waals surface area contributed by atoms with E-state index in [0.717, 1.165) is 11.2 Å². The zero-order chi connectivity index (χ0) is 17.3. The van der Waals surface area contributed by atoms with E-state index in [1.807, 2.05) is 0 Å². The van der Waals surface area contributed by atoms with Gasteiger partial charge in [0.15, 0.2) is 0 Å². The highest BCUT2D eigenvalue weighted by molar-refractivity contribution is 7.85. The monoisotopic (exact) mass is 347 g/mol. The first-order chi connectivity index (χ1) is 9.69. The van der Waals surface area contributed by atoms with Crippen LogP contribution in [0.4, 0.5) is 18.0 Å². The second-order valence-corrected chi connectivity index (χ2v) is 7.89. The van der Waals surface area contributed by atoms with Gasteiger partial charge in [0.05, 0.1) is 24.8 Å². The summed E-state index contributed by atoms with van der Waals surface area (Å²) >= 11 is 0. The van der Waals surface area contributed by atoms with Crippen molar-refractivity contribution < 1.29 is 35.3 Å². The van der Waals surface area contributed by atoms with Crippen molar-refractivity contribution in [2.45, 2.75) is 45.0 Å². The van der Waals surface area contributed by atoms with E-state index in [9.17, 15) is 26.4 Å². The maximum absolute atomic E-state index is 12.8. The molecule has 2 atom stereocenters. The molecule has 1 fully saturated rings. The summed E-state index contributed by atoms with van der Waals surface area (Å²) in [5, 5.41) is 0. The molecule has 1 saturated heterocycles. The van der Waals surface area contributed by atoms with Gasteiger partial charge in [0, 0.05) is 6.54 Å². The van der Waals surface area contributed by atoms with Crippen LogP contribution in [-0.4, -0.2) is 56.6 Å². The van der Waals surface area contributed by atoms with Crippen LogP contribution in [0.25, 0.3) is 0 Å². The molecule has 0 aromatic heterocycles. The van der Waals surface area contributed by atoms with Gasteiger partial charge in [-0.1, -0.05) is 0 Å². The lowest BCUT2D eigenvalue weighted by Crippen LogP contribution is -2.42. The van der Waals surface area contributed by atoms with Crippen molar-refractivity contribution in [2.24, 2.45) is 5.92 Å². The van der Waals surface area contributed by atoms with Gasteiger partial charge in [-0.25, -0.2) is 4.79 Å². The van der Waals surface area contributed by atoms with E-state index in [0.29, 0.717) is 0 Å². The molecule has 6 nitrogen and oxygen atoms in total. The summed E-state index contributed by atoms with van der Waals surface area (Å²) in [6, 6.07) is -1.00. The van der Waals surface area contributed by atoms with E-state index in [2.05, 4.69) is 4.18 Å². The van der Waals surface area contributed by atoms with Gasteiger partial charge in [0.1, 0.15) is 5.60 Å². The second kappa shape index (κ2) is 6.23. The Bertz CT molecular complexity index is 512. The van der Waals surface area contributed by atoms with Gasteiger partial charge in [-0.05, 0) is 27.2 Å². The summed E-state index contributed by atoms with van der Waals surface area (Å²) in [7, 11) is -3.81. The van der Waals surface area contributed by atoms with Crippen molar-refractivity contribution in [1.82, 2.24) is 4.90 Å². The molecule has 0 N–H and O–H groups in total. The molecule has 0 saturated carbocycles. The van der Waals surface area contributed by atoms with Crippen LogP contribution >= 0.6 is 0 Å². The molecule has 1 aliphatic rings. The van der Waals surface area contributed by atoms with Crippen LogP contribution in [0.5, 0.6) is 0 Å². The number of ether oxygens (including phenoxy) is 1. The summed E-state index contributed by atoms with van der Waals surface area (Å²) in [6.07, 6.45) is -5.01. The summed E-state index contributed by atoms with van der Waals surface area (Å²) in [6.45, 7) is 3.67. The Morgan fingerprint density at radius 2 is 1.82 bits per heavy atom. The van der Waals surface area contributed by atoms with Gasteiger partial charge >= 0.3 is 12.3 Å². The van der Waals surface area contributed by atoms with Gasteiger partial charge < -0.3 is 9.64 Å². The molecule has 0 bridgehead atoms. The van der Waals surface area contributed by atoms with Crippen molar-refractivity contribution in [3.05, 3.63) is 0 Å². The van der Waals surface area contributed by atoms with Crippen LogP contribution < -0.4 is 0 Å². The summed E-state index contributed by atoms with van der Waals surface area (Å²) < 4.78 is 70.1. The maximum Gasteiger partial charge on any atom is 0.410 e. The van der Waals surface area contributed by atoms with Crippen molar-refractivity contribution in [3.8, 4) is 0 Å². The van der Waals surface area contributed by atoms with Crippen LogP contribution in [0.3, 0.4) is 0 Å². The molecule has 22 heavy (non-hydrogen) atoms. The predicted molar refractivity (Wildman–Crippen MR) is 71.7 cm³/mol. The number of alkyl halides is 3. The molecule has 130 valence electrons. The predicted octanol–water partition coefficient (Wildman–Crippen LogP) is 2.15. The molecule has 10 heteroatoms. The van der Waals surface area contributed by atoms with Crippen LogP contribution in [0, 0.1) is 5.92 Å². The molecule has 0 aliphatic carbocycles. The highest BCUT2D eigenvalue weighted by Crippen LogP contribution is 2.37. The molecular weight excluding hydrogens is 327 g/mol. The number of carbonyl (C=O) groups is 1. The number of hydrogen-bond acceptors (Lipinski definition) is 5. The van der Waals surface area contributed by atoms with E-state index in [-0.39, 0.29) is 0 Å². The van der Waals surface area contributed by atoms with Gasteiger partial charge in [0.25, 0.3) is 10.1 Å². The number of likely N-dealkylation sites (tertiary alicyclic amines) is 1. The molecule has 0 spiro atoms. The number of rotatable bonds is 3. The molecule has 0 aromatic rings. The quantitative estimate of drug-likeness (QED) is 0.732. The third-order valence-corrected chi connectivity index (χ3v) is 3.54.